The highest BCUT2D eigenvalue weighted by atomic mass is 32.1. The predicted molar refractivity (Wildman–Crippen MR) is 58.7 cm³/mol. The molecule has 1 aliphatic heterocycles. The van der Waals surface area contributed by atoms with E-state index in [9.17, 15) is 14.7 Å². The van der Waals surface area contributed by atoms with Crippen LogP contribution in [-0.4, -0.2) is 47.3 Å². The average molecular weight is 257 g/mol. The molecule has 1 aromatic rings. The third kappa shape index (κ3) is 2.60. The molecule has 0 radical (unpaired) electrons. The highest BCUT2D eigenvalue weighted by Gasteiger charge is 2.36. The van der Waals surface area contributed by atoms with Crippen molar-refractivity contribution in [2.45, 2.75) is 5.60 Å². The molecule has 2 rings (SSSR count). The maximum atomic E-state index is 11.6. The number of rotatable bonds is 4. The van der Waals surface area contributed by atoms with Crippen molar-refractivity contribution in [2.75, 3.05) is 19.8 Å². The summed E-state index contributed by atoms with van der Waals surface area (Å²) >= 11 is 1.03. The summed E-state index contributed by atoms with van der Waals surface area (Å²) in [5.74, 6) is -1.12. The highest BCUT2D eigenvalue weighted by Crippen LogP contribution is 2.15. The molecule has 0 unspecified atom stereocenters. The third-order valence-electron chi connectivity index (χ3n) is 2.27. The molecule has 1 saturated heterocycles. The Hall–Kier alpha value is -1.51. The van der Waals surface area contributed by atoms with Gasteiger partial charge in [-0.1, -0.05) is 0 Å². The van der Waals surface area contributed by atoms with E-state index in [4.69, 9.17) is 10.5 Å². The fourth-order valence-electron chi connectivity index (χ4n) is 1.25. The van der Waals surface area contributed by atoms with Crippen molar-refractivity contribution >= 4 is 23.2 Å². The molecule has 4 N–H and O–H groups in total. The second-order valence-electron chi connectivity index (χ2n) is 3.80. The second-order valence-corrected chi connectivity index (χ2v) is 4.66. The van der Waals surface area contributed by atoms with Crippen molar-refractivity contribution in [2.24, 2.45) is 5.73 Å². The van der Waals surface area contributed by atoms with Gasteiger partial charge in [0.05, 0.1) is 19.8 Å². The zero-order valence-corrected chi connectivity index (χ0v) is 9.62. The fourth-order valence-corrected chi connectivity index (χ4v) is 1.97. The average Bonchev–Trinajstić information content (AvgIpc) is 2.72. The number of thiazole rings is 1. The van der Waals surface area contributed by atoms with Gasteiger partial charge >= 0.3 is 0 Å². The summed E-state index contributed by atoms with van der Waals surface area (Å²) in [5, 5.41) is 13.7. The number of primary amides is 1. The summed E-state index contributed by atoms with van der Waals surface area (Å²) in [6, 6.07) is 0. The lowest BCUT2D eigenvalue weighted by Crippen LogP contribution is -2.56. The molecule has 0 aliphatic carbocycles. The van der Waals surface area contributed by atoms with E-state index >= 15 is 0 Å². The Balaban J connectivity index is 1.92. The van der Waals surface area contributed by atoms with Gasteiger partial charge in [0.15, 0.2) is 5.01 Å². The van der Waals surface area contributed by atoms with Crippen LogP contribution in [0.1, 0.15) is 20.3 Å². The summed E-state index contributed by atoms with van der Waals surface area (Å²) in [6.45, 7) is 0.507. The fraction of sp³-hybridized carbons (Fsp3) is 0.444. The van der Waals surface area contributed by atoms with Crippen molar-refractivity contribution in [3.8, 4) is 0 Å². The molecule has 17 heavy (non-hydrogen) atoms. The number of carbonyl (C=O) groups excluding carboxylic acids is 2. The molecular formula is C9H11N3O4S. The molecular weight excluding hydrogens is 246 g/mol. The van der Waals surface area contributed by atoms with Gasteiger partial charge in [-0.05, 0) is 0 Å². The number of carbonyl (C=O) groups is 2. The van der Waals surface area contributed by atoms with Crippen LogP contribution in [0.25, 0.3) is 0 Å². The molecule has 92 valence electrons. The van der Waals surface area contributed by atoms with Crippen molar-refractivity contribution < 1.29 is 19.4 Å². The topological polar surface area (TPSA) is 115 Å². The monoisotopic (exact) mass is 257 g/mol. The molecule has 2 heterocycles. The SMILES string of the molecule is NC(=O)c1csc(C(=O)NCC2(O)COC2)n1. The number of nitrogens with zero attached hydrogens (tertiary/aromatic N) is 1. The van der Waals surface area contributed by atoms with E-state index < -0.39 is 17.4 Å². The van der Waals surface area contributed by atoms with Gasteiger partial charge in [-0.2, -0.15) is 0 Å². The number of aromatic nitrogens is 1. The van der Waals surface area contributed by atoms with Crippen LogP contribution in [-0.2, 0) is 4.74 Å². The van der Waals surface area contributed by atoms with Crippen LogP contribution in [0.3, 0.4) is 0 Å². The number of nitrogens with one attached hydrogen (secondary N) is 1. The summed E-state index contributed by atoms with van der Waals surface area (Å²) in [4.78, 5) is 26.2. The Morgan fingerprint density at radius 2 is 2.35 bits per heavy atom. The van der Waals surface area contributed by atoms with Crippen LogP contribution in [0.5, 0.6) is 0 Å². The summed E-state index contributed by atoms with van der Waals surface area (Å²) in [7, 11) is 0. The zero-order chi connectivity index (χ0) is 12.5. The third-order valence-corrected chi connectivity index (χ3v) is 3.11. The quantitative estimate of drug-likeness (QED) is 0.622. The largest absolute Gasteiger partial charge is 0.383 e. The van der Waals surface area contributed by atoms with Crippen LogP contribution in [0.15, 0.2) is 5.38 Å². The number of hydrogen-bond donors (Lipinski definition) is 3. The first kappa shape index (κ1) is 12.0. The molecule has 2 amide bonds. The molecule has 7 nitrogen and oxygen atoms in total. The first-order chi connectivity index (χ1) is 8.00. The van der Waals surface area contributed by atoms with Crippen LogP contribution < -0.4 is 11.1 Å². The minimum Gasteiger partial charge on any atom is -0.383 e. The van der Waals surface area contributed by atoms with Crippen LogP contribution >= 0.6 is 11.3 Å². The van der Waals surface area contributed by atoms with E-state index in [1.807, 2.05) is 0 Å². The van der Waals surface area contributed by atoms with E-state index in [0.29, 0.717) is 0 Å². The van der Waals surface area contributed by atoms with Crippen LogP contribution in [0, 0.1) is 0 Å². The zero-order valence-electron chi connectivity index (χ0n) is 8.80. The molecule has 0 aromatic carbocycles. The van der Waals surface area contributed by atoms with Gasteiger partial charge in [0.1, 0.15) is 11.3 Å². The van der Waals surface area contributed by atoms with Gasteiger partial charge in [-0.25, -0.2) is 4.98 Å². The van der Waals surface area contributed by atoms with E-state index in [0.717, 1.165) is 11.3 Å². The van der Waals surface area contributed by atoms with Crippen molar-refractivity contribution in [1.29, 1.82) is 0 Å². The Morgan fingerprint density at radius 3 is 2.82 bits per heavy atom. The lowest BCUT2D eigenvalue weighted by atomic mass is 10.0. The molecule has 0 saturated carbocycles. The molecule has 1 aliphatic rings. The number of amides is 2. The number of hydrogen-bond acceptors (Lipinski definition) is 6. The van der Waals surface area contributed by atoms with Crippen LogP contribution in [0.2, 0.25) is 0 Å². The van der Waals surface area contributed by atoms with Gasteiger partial charge in [-0.15, -0.1) is 11.3 Å². The molecule has 0 bridgehead atoms. The second kappa shape index (κ2) is 4.40. The highest BCUT2D eigenvalue weighted by molar-refractivity contribution is 7.11. The Labute approximate surface area is 101 Å². The predicted octanol–water partition coefficient (Wildman–Crippen LogP) is -1.27. The smallest absolute Gasteiger partial charge is 0.280 e. The van der Waals surface area contributed by atoms with Gasteiger partial charge in [-0.3, -0.25) is 9.59 Å². The van der Waals surface area contributed by atoms with Crippen molar-refractivity contribution in [3.05, 3.63) is 16.1 Å². The summed E-state index contributed by atoms with van der Waals surface area (Å²) in [5.41, 5.74) is 4.09. The van der Waals surface area contributed by atoms with Crippen molar-refractivity contribution in [1.82, 2.24) is 10.3 Å². The standard InChI is InChI=1S/C9H11N3O4S/c10-6(13)5-1-17-8(12-5)7(14)11-2-9(15)3-16-4-9/h1,15H,2-4H2,(H2,10,13)(H,11,14). The van der Waals surface area contributed by atoms with E-state index in [1.54, 1.807) is 0 Å². The summed E-state index contributed by atoms with van der Waals surface area (Å²) in [6.07, 6.45) is 0. The molecule has 0 atom stereocenters. The van der Waals surface area contributed by atoms with Gasteiger partial charge in [0.2, 0.25) is 0 Å². The molecule has 1 aromatic heterocycles. The number of ether oxygens (including phenoxy) is 1. The lowest BCUT2D eigenvalue weighted by molar-refractivity contribution is -0.173. The number of nitrogens with two attached hydrogens (primary N) is 1. The first-order valence-electron chi connectivity index (χ1n) is 4.84. The van der Waals surface area contributed by atoms with Gasteiger partial charge in [0, 0.05) is 5.38 Å². The lowest BCUT2D eigenvalue weighted by Gasteiger charge is -2.36. The maximum absolute atomic E-state index is 11.6. The van der Waals surface area contributed by atoms with Gasteiger partial charge < -0.3 is 20.9 Å². The maximum Gasteiger partial charge on any atom is 0.280 e. The Bertz CT molecular complexity index is 455. The molecule has 8 heteroatoms. The van der Waals surface area contributed by atoms with Crippen molar-refractivity contribution in [3.63, 3.8) is 0 Å². The number of aliphatic hydroxyl groups is 1. The molecule has 1 fully saturated rings. The van der Waals surface area contributed by atoms with E-state index in [1.165, 1.54) is 5.38 Å². The Morgan fingerprint density at radius 1 is 1.65 bits per heavy atom. The van der Waals surface area contributed by atoms with Crippen LogP contribution in [0.4, 0.5) is 0 Å². The van der Waals surface area contributed by atoms with E-state index in [-0.39, 0.29) is 30.5 Å². The van der Waals surface area contributed by atoms with Gasteiger partial charge in [0.25, 0.3) is 11.8 Å². The normalized spacial score (nSPS) is 17.2. The Kier molecular flexibility index (Phi) is 3.09. The molecule has 0 spiro atoms. The minimum atomic E-state index is -0.987. The summed E-state index contributed by atoms with van der Waals surface area (Å²) < 4.78 is 4.84. The minimum absolute atomic E-state index is 0.0610. The van der Waals surface area contributed by atoms with E-state index in [2.05, 4.69) is 10.3 Å². The first-order valence-corrected chi connectivity index (χ1v) is 5.72.